The summed E-state index contributed by atoms with van der Waals surface area (Å²) in [4.78, 5) is 51.6. The highest BCUT2D eigenvalue weighted by molar-refractivity contribution is 7.21. The number of anilines is 3. The number of nitrogens with zero attached hydrogens (tertiary/aromatic N) is 4. The van der Waals surface area contributed by atoms with Crippen LogP contribution < -0.4 is 20.3 Å². The lowest BCUT2D eigenvalue weighted by Gasteiger charge is -2.32. The second-order valence-electron chi connectivity index (χ2n) is 9.15. The minimum Gasteiger partial charge on any atom is -0.439 e. The van der Waals surface area contributed by atoms with Crippen molar-refractivity contribution in [1.82, 2.24) is 20.2 Å². The van der Waals surface area contributed by atoms with Gasteiger partial charge >= 0.3 is 6.03 Å². The number of carbonyl (C=O) groups is 3. The third-order valence-corrected chi connectivity index (χ3v) is 7.75. The number of thiophene rings is 1. The van der Waals surface area contributed by atoms with Crippen LogP contribution >= 0.6 is 11.3 Å². The molecule has 2 aliphatic rings. The molecule has 1 aromatic carbocycles. The van der Waals surface area contributed by atoms with Gasteiger partial charge in [-0.25, -0.2) is 14.8 Å². The largest absolute Gasteiger partial charge is 0.439 e. The molecule has 11 heteroatoms. The Kier molecular flexibility index (Phi) is 6.41. The van der Waals surface area contributed by atoms with Crippen molar-refractivity contribution in [3.8, 4) is 11.6 Å². The van der Waals surface area contributed by atoms with Crippen molar-refractivity contribution in [2.24, 2.45) is 0 Å². The van der Waals surface area contributed by atoms with Crippen LogP contribution in [0.4, 0.5) is 21.9 Å². The molecule has 0 bridgehead atoms. The highest BCUT2D eigenvalue weighted by atomic mass is 32.1. The van der Waals surface area contributed by atoms with E-state index in [1.807, 2.05) is 12.1 Å². The third kappa shape index (κ3) is 4.68. The summed E-state index contributed by atoms with van der Waals surface area (Å²) in [6, 6.07) is 13.7. The van der Waals surface area contributed by atoms with E-state index in [2.05, 4.69) is 27.2 Å². The summed E-state index contributed by atoms with van der Waals surface area (Å²) in [6.07, 6.45) is 6.11. The maximum atomic E-state index is 13.4. The van der Waals surface area contributed by atoms with E-state index in [1.54, 1.807) is 58.6 Å². The molecule has 0 radical (unpaired) electrons. The number of amides is 4. The first-order chi connectivity index (χ1) is 19.0. The molecular weight excluding hydrogens is 516 g/mol. The van der Waals surface area contributed by atoms with E-state index < -0.39 is 0 Å². The molecule has 1 unspecified atom stereocenters. The fourth-order valence-corrected chi connectivity index (χ4v) is 5.89. The summed E-state index contributed by atoms with van der Waals surface area (Å²) < 4.78 is 5.77. The Hall–Kier alpha value is -4.77. The number of benzene rings is 1. The summed E-state index contributed by atoms with van der Waals surface area (Å²) in [7, 11) is 0. The van der Waals surface area contributed by atoms with E-state index in [0.717, 1.165) is 12.8 Å². The Labute approximate surface area is 227 Å². The average molecular weight is 541 g/mol. The summed E-state index contributed by atoms with van der Waals surface area (Å²) in [6.45, 7) is 4.61. The number of rotatable bonds is 6. The van der Waals surface area contributed by atoms with Gasteiger partial charge in [0.25, 0.3) is 5.91 Å². The number of nitrogens with one attached hydrogen (secondary N) is 2. The lowest BCUT2D eigenvalue weighted by Crippen LogP contribution is -2.49. The molecule has 0 saturated carbocycles. The van der Waals surface area contributed by atoms with Crippen molar-refractivity contribution in [2.75, 3.05) is 23.3 Å². The quantitative estimate of drug-likeness (QED) is 0.330. The Morgan fingerprint density at radius 2 is 1.97 bits per heavy atom. The highest BCUT2D eigenvalue weighted by Gasteiger charge is 2.33. The second-order valence-corrected chi connectivity index (χ2v) is 10.1. The lowest BCUT2D eigenvalue weighted by molar-refractivity contribution is -0.127. The molecule has 1 saturated heterocycles. The molecule has 2 aliphatic heterocycles. The van der Waals surface area contributed by atoms with Crippen LogP contribution in [0.2, 0.25) is 0 Å². The number of pyridine rings is 2. The Morgan fingerprint density at radius 3 is 2.74 bits per heavy atom. The number of hydrogen-bond donors (Lipinski definition) is 2. The van der Waals surface area contributed by atoms with Crippen molar-refractivity contribution < 1.29 is 19.1 Å². The highest BCUT2D eigenvalue weighted by Crippen LogP contribution is 2.45. The maximum absolute atomic E-state index is 13.4. The van der Waals surface area contributed by atoms with Crippen LogP contribution in [0, 0.1) is 0 Å². The van der Waals surface area contributed by atoms with Crippen molar-refractivity contribution in [2.45, 2.75) is 18.9 Å². The van der Waals surface area contributed by atoms with E-state index in [9.17, 15) is 14.4 Å². The van der Waals surface area contributed by atoms with Crippen molar-refractivity contribution >= 4 is 56.5 Å². The molecule has 39 heavy (non-hydrogen) atoms. The molecule has 5 heterocycles. The van der Waals surface area contributed by atoms with Gasteiger partial charge in [0.2, 0.25) is 11.8 Å². The molecule has 196 valence electrons. The predicted molar refractivity (Wildman–Crippen MR) is 149 cm³/mol. The first-order valence-corrected chi connectivity index (χ1v) is 13.3. The van der Waals surface area contributed by atoms with Gasteiger partial charge in [0, 0.05) is 37.6 Å². The van der Waals surface area contributed by atoms with E-state index in [-0.39, 0.29) is 23.9 Å². The Bertz CT molecular complexity index is 1590. The zero-order chi connectivity index (χ0) is 26.9. The van der Waals surface area contributed by atoms with E-state index in [4.69, 9.17) is 4.74 Å². The first kappa shape index (κ1) is 24.6. The zero-order valence-corrected chi connectivity index (χ0v) is 21.6. The zero-order valence-electron chi connectivity index (χ0n) is 20.8. The minimum atomic E-state index is -0.388. The van der Waals surface area contributed by atoms with Gasteiger partial charge < -0.3 is 20.3 Å². The van der Waals surface area contributed by atoms with Crippen LogP contribution in [0.25, 0.3) is 10.2 Å². The van der Waals surface area contributed by atoms with Crippen LogP contribution in [0.5, 0.6) is 11.6 Å². The number of hydrogen-bond acceptors (Lipinski definition) is 7. The van der Waals surface area contributed by atoms with Gasteiger partial charge in [0.05, 0.1) is 22.4 Å². The monoisotopic (exact) mass is 540 g/mol. The molecule has 4 amide bonds. The van der Waals surface area contributed by atoms with E-state index >= 15 is 0 Å². The number of aromatic nitrogens is 2. The summed E-state index contributed by atoms with van der Waals surface area (Å²) in [5.41, 5.74) is 1.71. The number of urea groups is 1. The van der Waals surface area contributed by atoms with E-state index in [0.29, 0.717) is 56.9 Å². The van der Waals surface area contributed by atoms with Crippen LogP contribution in [0.1, 0.15) is 22.5 Å². The number of carbonyl (C=O) groups excluding carboxylic acids is 3. The number of likely N-dealkylation sites (tertiary alicyclic amines) is 1. The van der Waals surface area contributed by atoms with Gasteiger partial charge in [0.1, 0.15) is 15.5 Å². The number of piperidine rings is 1. The normalized spacial score (nSPS) is 16.5. The second kappa shape index (κ2) is 10.2. The molecule has 4 aromatic rings. The topological polar surface area (TPSA) is 117 Å². The van der Waals surface area contributed by atoms with Gasteiger partial charge in [-0.3, -0.25) is 14.5 Å². The van der Waals surface area contributed by atoms with E-state index in [1.165, 1.54) is 17.4 Å². The molecule has 0 spiro atoms. The van der Waals surface area contributed by atoms with Crippen LogP contribution in [-0.2, 0) is 4.79 Å². The van der Waals surface area contributed by atoms with Gasteiger partial charge in [0.15, 0.2) is 0 Å². The minimum absolute atomic E-state index is 0.150. The van der Waals surface area contributed by atoms with Crippen molar-refractivity contribution in [3.63, 3.8) is 0 Å². The fraction of sp³-hybridized carbons (Fsp3) is 0.179. The molecular formula is C28H24N6O4S. The smallest absolute Gasteiger partial charge is 0.331 e. The molecule has 0 aliphatic carbocycles. The van der Waals surface area contributed by atoms with Crippen LogP contribution in [0.15, 0.2) is 73.6 Å². The Balaban J connectivity index is 1.27. The summed E-state index contributed by atoms with van der Waals surface area (Å²) in [5.74, 6) is 0.602. The lowest BCUT2D eigenvalue weighted by atomic mass is 10.1. The van der Waals surface area contributed by atoms with Gasteiger partial charge in [-0.2, -0.15) is 0 Å². The molecule has 3 aromatic heterocycles. The predicted octanol–water partition coefficient (Wildman–Crippen LogP) is 5.07. The third-order valence-electron chi connectivity index (χ3n) is 6.65. The standard InChI is InChI=1S/C28H24N6O4S/c1-2-22(35)33-15-5-6-17(16-33)31-26(36)25-24-23-20(12-14-30-27(23)39-25)34(28(37)32-24)18-8-10-19(11-9-18)38-21-7-3-4-13-29-21/h2-4,7-14,17H,1,5-6,15-16H2,(H,31,36)(H,32,37). The van der Waals surface area contributed by atoms with Crippen molar-refractivity contribution in [3.05, 3.63) is 78.5 Å². The number of ether oxygens (including phenoxy) is 1. The van der Waals surface area contributed by atoms with Crippen LogP contribution in [0.3, 0.4) is 0 Å². The molecule has 1 fully saturated rings. The van der Waals surface area contributed by atoms with Crippen molar-refractivity contribution in [1.29, 1.82) is 0 Å². The van der Waals surface area contributed by atoms with Gasteiger partial charge in [-0.1, -0.05) is 12.6 Å². The first-order valence-electron chi connectivity index (χ1n) is 12.5. The maximum Gasteiger partial charge on any atom is 0.331 e. The summed E-state index contributed by atoms with van der Waals surface area (Å²) in [5, 5.41) is 6.65. The average Bonchev–Trinajstić information content (AvgIpc) is 3.33. The summed E-state index contributed by atoms with van der Waals surface area (Å²) >= 11 is 1.23. The van der Waals surface area contributed by atoms with Gasteiger partial charge in [-0.05, 0) is 55.3 Å². The molecule has 2 N–H and O–H groups in total. The Morgan fingerprint density at radius 1 is 1.13 bits per heavy atom. The molecule has 6 rings (SSSR count). The van der Waals surface area contributed by atoms with Crippen LogP contribution in [-0.4, -0.2) is 51.8 Å². The molecule has 10 nitrogen and oxygen atoms in total. The molecule has 1 atom stereocenters. The van der Waals surface area contributed by atoms with Gasteiger partial charge in [-0.15, -0.1) is 11.3 Å². The SMILES string of the molecule is C=CC(=O)N1CCCC(NC(=O)c2sc3nccc4c3c2NC(=O)N4c2ccc(Oc3ccccn3)cc2)C1. The fourth-order valence-electron chi connectivity index (χ4n) is 4.87.